The third-order valence-corrected chi connectivity index (χ3v) is 6.68. The Morgan fingerprint density at radius 3 is 2.43 bits per heavy atom. The number of carbonyl (C=O) groups excluding carboxylic acids is 1. The van der Waals surface area contributed by atoms with Gasteiger partial charge in [0.2, 0.25) is 5.91 Å². The highest BCUT2D eigenvalue weighted by Crippen LogP contribution is 2.26. The van der Waals surface area contributed by atoms with E-state index in [2.05, 4.69) is 47.8 Å². The van der Waals surface area contributed by atoms with Gasteiger partial charge in [0.15, 0.2) is 0 Å². The summed E-state index contributed by atoms with van der Waals surface area (Å²) in [4.78, 5) is 23.6. The van der Waals surface area contributed by atoms with Gasteiger partial charge in [0.05, 0.1) is 29.0 Å². The average Bonchev–Trinajstić information content (AvgIpc) is 2.82. The predicted octanol–water partition coefficient (Wildman–Crippen LogP) is 6.40. The molecule has 2 N–H and O–H groups in total. The molecule has 3 atom stereocenters. The van der Waals surface area contributed by atoms with Crippen molar-refractivity contribution in [3.05, 3.63) is 87.9 Å². The minimum Gasteiger partial charge on any atom is -0.481 e. The lowest BCUT2D eigenvalue weighted by molar-refractivity contribution is -0.140. The zero-order valence-electron chi connectivity index (χ0n) is 19.7. The SMILES string of the molecule is CO[C@H](CC(=O)O)CC(=O)N[C@@H](C)[C@H](/C=C/c1ccc2ccccc2c1)Cc1ccc(Cl)c(Cl)c1. The summed E-state index contributed by atoms with van der Waals surface area (Å²) in [7, 11) is 1.41. The predicted molar refractivity (Wildman–Crippen MR) is 142 cm³/mol. The molecule has 0 spiro atoms. The van der Waals surface area contributed by atoms with Crippen molar-refractivity contribution >= 4 is 51.9 Å². The summed E-state index contributed by atoms with van der Waals surface area (Å²) >= 11 is 12.3. The van der Waals surface area contributed by atoms with E-state index in [-0.39, 0.29) is 30.7 Å². The van der Waals surface area contributed by atoms with Gasteiger partial charge in [-0.3, -0.25) is 9.59 Å². The molecule has 3 aromatic rings. The molecule has 1 amide bonds. The van der Waals surface area contributed by atoms with Crippen LogP contribution in [0.15, 0.2) is 66.7 Å². The molecule has 0 saturated carbocycles. The zero-order chi connectivity index (χ0) is 25.4. The second kappa shape index (κ2) is 12.7. The number of aliphatic carboxylic acids is 1. The number of halogens is 2. The van der Waals surface area contributed by atoms with E-state index in [0.29, 0.717) is 16.5 Å². The number of carboxylic acid groups (broad SMARTS) is 1. The van der Waals surface area contributed by atoms with Crippen molar-refractivity contribution in [3.63, 3.8) is 0 Å². The smallest absolute Gasteiger partial charge is 0.305 e. The molecular formula is C28H29Cl2NO4. The van der Waals surface area contributed by atoms with E-state index in [1.807, 2.05) is 31.2 Å². The fourth-order valence-corrected chi connectivity index (χ4v) is 4.28. The Bertz CT molecular complexity index is 1210. The van der Waals surface area contributed by atoms with Crippen LogP contribution in [-0.4, -0.2) is 36.2 Å². The van der Waals surface area contributed by atoms with Gasteiger partial charge in [0.1, 0.15) is 0 Å². The van der Waals surface area contributed by atoms with Crippen molar-refractivity contribution < 1.29 is 19.4 Å². The number of rotatable bonds is 11. The zero-order valence-corrected chi connectivity index (χ0v) is 21.2. The monoisotopic (exact) mass is 513 g/mol. The molecule has 0 heterocycles. The quantitative estimate of drug-likeness (QED) is 0.310. The summed E-state index contributed by atoms with van der Waals surface area (Å²) in [5.74, 6) is -1.32. The maximum atomic E-state index is 12.6. The van der Waals surface area contributed by atoms with Crippen molar-refractivity contribution in [2.45, 2.75) is 38.3 Å². The van der Waals surface area contributed by atoms with E-state index in [1.54, 1.807) is 6.07 Å². The molecule has 0 fully saturated rings. The number of ether oxygens (including phenoxy) is 1. The fourth-order valence-electron chi connectivity index (χ4n) is 3.96. The van der Waals surface area contributed by atoms with Crippen LogP contribution in [0.25, 0.3) is 16.8 Å². The number of hydrogen-bond acceptors (Lipinski definition) is 3. The summed E-state index contributed by atoms with van der Waals surface area (Å²) in [5.41, 5.74) is 2.05. The van der Waals surface area contributed by atoms with Crippen LogP contribution in [0, 0.1) is 5.92 Å². The Morgan fingerprint density at radius 1 is 1.00 bits per heavy atom. The first-order valence-electron chi connectivity index (χ1n) is 11.4. The molecule has 0 aromatic heterocycles. The maximum absolute atomic E-state index is 12.6. The van der Waals surface area contributed by atoms with E-state index in [0.717, 1.165) is 16.5 Å². The van der Waals surface area contributed by atoms with Crippen molar-refractivity contribution in [2.24, 2.45) is 5.92 Å². The van der Waals surface area contributed by atoms with Crippen LogP contribution in [0.5, 0.6) is 0 Å². The third-order valence-electron chi connectivity index (χ3n) is 5.94. The second-order valence-corrected chi connectivity index (χ2v) is 9.41. The summed E-state index contributed by atoms with van der Waals surface area (Å²) in [6, 6.07) is 19.7. The van der Waals surface area contributed by atoms with Crippen LogP contribution >= 0.6 is 23.2 Å². The van der Waals surface area contributed by atoms with Crippen molar-refractivity contribution in [1.82, 2.24) is 5.32 Å². The van der Waals surface area contributed by atoms with E-state index >= 15 is 0 Å². The molecule has 3 aromatic carbocycles. The number of fused-ring (bicyclic) bond motifs is 1. The first-order chi connectivity index (χ1) is 16.7. The molecule has 3 rings (SSSR count). The highest BCUT2D eigenvalue weighted by molar-refractivity contribution is 6.42. The van der Waals surface area contributed by atoms with E-state index in [1.165, 1.54) is 12.5 Å². The van der Waals surface area contributed by atoms with Crippen molar-refractivity contribution in [1.29, 1.82) is 0 Å². The van der Waals surface area contributed by atoms with Gasteiger partial charge in [-0.25, -0.2) is 0 Å². The lowest BCUT2D eigenvalue weighted by Crippen LogP contribution is -2.40. The molecule has 5 nitrogen and oxygen atoms in total. The van der Waals surface area contributed by atoms with Crippen LogP contribution < -0.4 is 5.32 Å². The van der Waals surface area contributed by atoms with Crippen LogP contribution in [-0.2, 0) is 20.7 Å². The standard InChI is InChI=1S/C28H29Cl2NO4/c1-18(31-27(32)16-24(35-2)17-28(33)34)22(14-20-9-12-25(29)26(30)15-20)11-8-19-7-10-21-5-3-4-6-23(21)13-19/h3-13,15,18,22,24H,14,16-17H2,1-2H3,(H,31,32)(H,33,34)/b11-8+/t18-,22+,24-/m0/s1. The number of carboxylic acids is 1. The molecular weight excluding hydrogens is 485 g/mol. The van der Waals surface area contributed by atoms with Crippen LogP contribution in [0.3, 0.4) is 0 Å². The Balaban J connectivity index is 1.79. The Morgan fingerprint density at radius 2 is 1.74 bits per heavy atom. The van der Waals surface area contributed by atoms with Crippen molar-refractivity contribution in [2.75, 3.05) is 7.11 Å². The molecule has 0 aliphatic rings. The van der Waals surface area contributed by atoms with Crippen LogP contribution in [0.4, 0.5) is 0 Å². The summed E-state index contributed by atoms with van der Waals surface area (Å²) < 4.78 is 5.15. The highest BCUT2D eigenvalue weighted by Gasteiger charge is 2.21. The Hall–Kier alpha value is -2.86. The molecule has 0 bridgehead atoms. The minimum atomic E-state index is -1.01. The number of nitrogens with one attached hydrogen (secondary N) is 1. The molecule has 184 valence electrons. The first-order valence-corrected chi connectivity index (χ1v) is 12.2. The molecule has 7 heteroatoms. The van der Waals surface area contributed by atoms with Crippen LogP contribution in [0.1, 0.15) is 30.9 Å². The van der Waals surface area contributed by atoms with Gasteiger partial charge < -0.3 is 15.2 Å². The molecule has 0 saturated heterocycles. The molecule has 0 aliphatic carbocycles. The third kappa shape index (κ3) is 8.10. The average molecular weight is 514 g/mol. The van der Waals surface area contributed by atoms with Crippen molar-refractivity contribution in [3.8, 4) is 0 Å². The molecule has 0 unspecified atom stereocenters. The molecule has 0 radical (unpaired) electrons. The topological polar surface area (TPSA) is 75.6 Å². The van der Waals surface area contributed by atoms with Gasteiger partial charge in [0, 0.05) is 19.1 Å². The van der Waals surface area contributed by atoms with Gasteiger partial charge in [-0.2, -0.15) is 0 Å². The van der Waals surface area contributed by atoms with Gasteiger partial charge in [-0.05, 0) is 53.4 Å². The normalized spacial score (nSPS) is 14.1. The summed E-state index contributed by atoms with van der Waals surface area (Å²) in [6.07, 6.45) is 3.84. The van der Waals surface area contributed by atoms with E-state index in [9.17, 15) is 9.59 Å². The van der Waals surface area contributed by atoms with Crippen LogP contribution in [0.2, 0.25) is 10.0 Å². The minimum absolute atomic E-state index is 0.0268. The number of carbonyl (C=O) groups is 2. The number of benzene rings is 3. The molecule has 0 aliphatic heterocycles. The Kier molecular flexibility index (Phi) is 9.73. The number of hydrogen-bond donors (Lipinski definition) is 2. The second-order valence-electron chi connectivity index (χ2n) is 8.60. The van der Waals surface area contributed by atoms with Gasteiger partial charge in [0.25, 0.3) is 0 Å². The van der Waals surface area contributed by atoms with Gasteiger partial charge in [-0.15, -0.1) is 0 Å². The number of methoxy groups -OCH3 is 1. The summed E-state index contributed by atoms with van der Waals surface area (Å²) in [6.45, 7) is 1.93. The molecule has 35 heavy (non-hydrogen) atoms. The number of amides is 1. The summed E-state index contributed by atoms with van der Waals surface area (Å²) in [5, 5.41) is 15.3. The van der Waals surface area contributed by atoms with Gasteiger partial charge >= 0.3 is 5.97 Å². The lowest BCUT2D eigenvalue weighted by atomic mass is 9.91. The van der Waals surface area contributed by atoms with E-state index < -0.39 is 12.1 Å². The first kappa shape index (κ1) is 26.7. The van der Waals surface area contributed by atoms with Gasteiger partial charge in [-0.1, -0.05) is 77.8 Å². The van der Waals surface area contributed by atoms with E-state index in [4.69, 9.17) is 33.0 Å². The maximum Gasteiger partial charge on any atom is 0.305 e. The fraction of sp³-hybridized carbons (Fsp3) is 0.286. The largest absolute Gasteiger partial charge is 0.481 e. The lowest BCUT2D eigenvalue weighted by Gasteiger charge is -2.24. The Labute approximate surface area is 215 Å². The highest BCUT2D eigenvalue weighted by atomic mass is 35.5.